The summed E-state index contributed by atoms with van der Waals surface area (Å²) in [6.07, 6.45) is 2.18. The smallest absolute Gasteiger partial charge is 0.193 e. The van der Waals surface area contributed by atoms with Gasteiger partial charge >= 0.3 is 0 Å². The van der Waals surface area contributed by atoms with E-state index in [0.717, 1.165) is 24.3 Å². The molecule has 0 saturated carbocycles. The first-order chi connectivity index (χ1) is 10.4. The lowest BCUT2D eigenvalue weighted by Crippen LogP contribution is -2.26. The third kappa shape index (κ3) is 4.27. The number of hydrogen-bond donors (Lipinski definition) is 2. The van der Waals surface area contributed by atoms with Crippen LogP contribution in [-0.2, 0) is 4.74 Å². The van der Waals surface area contributed by atoms with Gasteiger partial charge in [0.2, 0.25) is 0 Å². The average Bonchev–Trinajstić information content (AvgIpc) is 2.84. The van der Waals surface area contributed by atoms with Gasteiger partial charge in [-0.2, -0.15) is 0 Å². The molecule has 1 aliphatic heterocycles. The number of guanidine groups is 1. The monoisotopic (exact) mass is 307 g/mol. The summed E-state index contributed by atoms with van der Waals surface area (Å²) in [5.41, 5.74) is 6.61. The molecule has 1 atom stereocenters. The van der Waals surface area contributed by atoms with E-state index in [1.54, 1.807) is 14.2 Å². The number of nitrogens with zero attached hydrogens (tertiary/aromatic N) is 1. The van der Waals surface area contributed by atoms with E-state index in [1.165, 1.54) is 0 Å². The van der Waals surface area contributed by atoms with Crippen molar-refractivity contribution < 1.29 is 14.2 Å². The Balaban J connectivity index is 1.99. The Hall–Kier alpha value is -1.95. The standard InChI is InChI=1S/C16H25N3O3/c1-16(2)8-7-12(22-16)10-18-15(17)19-13-9-11(20-3)5-6-14(13)21-4/h5-6,9,12H,7-8,10H2,1-4H3,(H3,17,18,19). The van der Waals surface area contributed by atoms with E-state index >= 15 is 0 Å². The number of ether oxygens (including phenoxy) is 3. The lowest BCUT2D eigenvalue weighted by molar-refractivity contribution is -0.0106. The lowest BCUT2D eigenvalue weighted by Gasteiger charge is -2.18. The Morgan fingerprint density at radius 3 is 2.77 bits per heavy atom. The van der Waals surface area contributed by atoms with Crippen molar-refractivity contribution in [3.05, 3.63) is 18.2 Å². The van der Waals surface area contributed by atoms with Crippen LogP contribution >= 0.6 is 0 Å². The van der Waals surface area contributed by atoms with E-state index in [1.807, 2.05) is 18.2 Å². The van der Waals surface area contributed by atoms with Crippen LogP contribution in [0.5, 0.6) is 11.5 Å². The Labute approximate surface area is 131 Å². The van der Waals surface area contributed by atoms with Crippen LogP contribution in [0.2, 0.25) is 0 Å². The molecule has 0 bridgehead atoms. The zero-order valence-electron chi connectivity index (χ0n) is 13.7. The molecule has 1 heterocycles. The van der Waals surface area contributed by atoms with Crippen molar-refractivity contribution in [1.82, 2.24) is 0 Å². The highest BCUT2D eigenvalue weighted by Gasteiger charge is 2.31. The van der Waals surface area contributed by atoms with Gasteiger partial charge in [-0.05, 0) is 38.8 Å². The molecule has 1 saturated heterocycles. The summed E-state index contributed by atoms with van der Waals surface area (Å²) < 4.78 is 16.4. The third-order valence-corrected chi connectivity index (χ3v) is 3.69. The minimum absolute atomic E-state index is 0.0571. The number of hydrogen-bond acceptors (Lipinski definition) is 4. The zero-order valence-corrected chi connectivity index (χ0v) is 13.7. The van der Waals surface area contributed by atoms with Gasteiger partial charge in [0.05, 0.1) is 38.2 Å². The first kappa shape index (κ1) is 16.4. The Bertz CT molecular complexity index is 543. The average molecular weight is 307 g/mol. The molecule has 1 unspecified atom stereocenters. The molecule has 1 aromatic rings. The number of nitrogens with two attached hydrogens (primary N) is 1. The van der Waals surface area contributed by atoms with Gasteiger partial charge in [0.25, 0.3) is 0 Å². The van der Waals surface area contributed by atoms with Crippen LogP contribution in [0.25, 0.3) is 0 Å². The van der Waals surface area contributed by atoms with Crippen LogP contribution in [0.3, 0.4) is 0 Å². The van der Waals surface area contributed by atoms with Gasteiger partial charge in [0.1, 0.15) is 11.5 Å². The van der Waals surface area contributed by atoms with Crippen molar-refractivity contribution in [2.75, 3.05) is 26.1 Å². The third-order valence-electron chi connectivity index (χ3n) is 3.69. The number of methoxy groups -OCH3 is 2. The molecule has 3 N–H and O–H groups in total. The molecule has 0 spiro atoms. The van der Waals surface area contributed by atoms with Gasteiger partial charge in [0, 0.05) is 6.07 Å². The minimum atomic E-state index is -0.0571. The Kier molecular flexibility index (Phi) is 5.13. The Morgan fingerprint density at radius 2 is 2.18 bits per heavy atom. The van der Waals surface area contributed by atoms with E-state index in [-0.39, 0.29) is 11.7 Å². The highest BCUT2D eigenvalue weighted by Crippen LogP contribution is 2.30. The summed E-state index contributed by atoms with van der Waals surface area (Å²) >= 11 is 0. The number of benzene rings is 1. The van der Waals surface area contributed by atoms with E-state index in [0.29, 0.717) is 18.3 Å². The minimum Gasteiger partial charge on any atom is -0.497 e. The van der Waals surface area contributed by atoms with Crippen molar-refractivity contribution in [2.45, 2.75) is 38.4 Å². The first-order valence-corrected chi connectivity index (χ1v) is 7.40. The van der Waals surface area contributed by atoms with E-state index in [2.05, 4.69) is 24.2 Å². The van der Waals surface area contributed by atoms with Gasteiger partial charge in [-0.15, -0.1) is 0 Å². The fourth-order valence-corrected chi connectivity index (χ4v) is 2.50. The van der Waals surface area contributed by atoms with Crippen molar-refractivity contribution in [1.29, 1.82) is 0 Å². The fourth-order valence-electron chi connectivity index (χ4n) is 2.50. The molecule has 2 rings (SSSR count). The van der Waals surface area contributed by atoms with Crippen LogP contribution in [0.4, 0.5) is 5.69 Å². The molecule has 22 heavy (non-hydrogen) atoms. The number of rotatable bonds is 5. The SMILES string of the molecule is COc1ccc(OC)c(NC(N)=NCC2CCC(C)(C)O2)c1. The summed E-state index contributed by atoms with van der Waals surface area (Å²) in [5.74, 6) is 1.73. The highest BCUT2D eigenvalue weighted by molar-refractivity contribution is 5.94. The molecule has 0 amide bonds. The summed E-state index contributed by atoms with van der Waals surface area (Å²) in [7, 11) is 3.22. The summed E-state index contributed by atoms with van der Waals surface area (Å²) in [6.45, 7) is 4.74. The van der Waals surface area contributed by atoms with Crippen molar-refractivity contribution >= 4 is 11.6 Å². The molecule has 0 radical (unpaired) electrons. The maximum Gasteiger partial charge on any atom is 0.193 e. The van der Waals surface area contributed by atoms with Crippen LogP contribution in [0, 0.1) is 0 Å². The predicted molar refractivity (Wildman–Crippen MR) is 87.8 cm³/mol. The second-order valence-electron chi connectivity index (χ2n) is 5.96. The van der Waals surface area contributed by atoms with Gasteiger partial charge in [-0.3, -0.25) is 4.99 Å². The van der Waals surface area contributed by atoms with Crippen LogP contribution in [0.1, 0.15) is 26.7 Å². The van der Waals surface area contributed by atoms with E-state index in [4.69, 9.17) is 19.9 Å². The quantitative estimate of drug-likeness (QED) is 0.645. The topological polar surface area (TPSA) is 78.1 Å². The zero-order chi connectivity index (χ0) is 16.2. The lowest BCUT2D eigenvalue weighted by atomic mass is 10.1. The molecule has 122 valence electrons. The fraction of sp³-hybridized carbons (Fsp3) is 0.562. The number of anilines is 1. The molecular weight excluding hydrogens is 282 g/mol. The molecule has 0 aromatic heterocycles. The second-order valence-corrected chi connectivity index (χ2v) is 5.96. The van der Waals surface area contributed by atoms with Crippen molar-refractivity contribution in [3.8, 4) is 11.5 Å². The molecule has 1 fully saturated rings. The van der Waals surface area contributed by atoms with E-state index in [9.17, 15) is 0 Å². The van der Waals surface area contributed by atoms with E-state index < -0.39 is 0 Å². The second kappa shape index (κ2) is 6.87. The number of nitrogens with one attached hydrogen (secondary N) is 1. The molecule has 0 aliphatic carbocycles. The Morgan fingerprint density at radius 1 is 1.41 bits per heavy atom. The largest absolute Gasteiger partial charge is 0.497 e. The number of aliphatic imine (C=N–C) groups is 1. The normalized spacial score (nSPS) is 20.7. The van der Waals surface area contributed by atoms with Crippen LogP contribution in [0.15, 0.2) is 23.2 Å². The highest BCUT2D eigenvalue weighted by atomic mass is 16.5. The molecule has 1 aromatic carbocycles. The maximum absolute atomic E-state index is 5.95. The molecular formula is C16H25N3O3. The molecule has 6 nitrogen and oxygen atoms in total. The predicted octanol–water partition coefficient (Wildman–Crippen LogP) is 2.39. The van der Waals surface area contributed by atoms with Crippen LogP contribution in [-0.4, -0.2) is 38.4 Å². The van der Waals surface area contributed by atoms with Crippen molar-refractivity contribution in [3.63, 3.8) is 0 Å². The van der Waals surface area contributed by atoms with Gasteiger partial charge in [-0.1, -0.05) is 0 Å². The molecule has 6 heteroatoms. The summed E-state index contributed by atoms with van der Waals surface area (Å²) in [5, 5.41) is 3.05. The molecule has 1 aliphatic rings. The summed E-state index contributed by atoms with van der Waals surface area (Å²) in [6, 6.07) is 5.46. The van der Waals surface area contributed by atoms with Crippen LogP contribution < -0.4 is 20.5 Å². The van der Waals surface area contributed by atoms with Gasteiger partial charge in [-0.25, -0.2) is 0 Å². The van der Waals surface area contributed by atoms with Crippen molar-refractivity contribution in [2.24, 2.45) is 10.7 Å². The first-order valence-electron chi connectivity index (χ1n) is 7.40. The summed E-state index contributed by atoms with van der Waals surface area (Å²) in [4.78, 5) is 4.36. The maximum atomic E-state index is 5.95. The van der Waals surface area contributed by atoms with Gasteiger partial charge < -0.3 is 25.3 Å². The van der Waals surface area contributed by atoms with Gasteiger partial charge in [0.15, 0.2) is 5.96 Å².